The minimum absolute atomic E-state index is 0.0230. The second kappa shape index (κ2) is 7.33. The largest absolute Gasteiger partial charge is 0.299 e. The van der Waals surface area contributed by atoms with Gasteiger partial charge in [0.15, 0.2) is 0 Å². The van der Waals surface area contributed by atoms with E-state index >= 15 is 0 Å². The van der Waals surface area contributed by atoms with Gasteiger partial charge in [0, 0.05) is 51.5 Å². The Morgan fingerprint density at radius 3 is 2.32 bits per heavy atom. The van der Waals surface area contributed by atoms with Crippen LogP contribution in [0, 0.1) is 0 Å². The van der Waals surface area contributed by atoms with E-state index < -0.39 is 0 Å². The van der Waals surface area contributed by atoms with E-state index in [-0.39, 0.29) is 5.56 Å². The lowest BCUT2D eigenvalue weighted by Crippen LogP contribution is -2.47. The van der Waals surface area contributed by atoms with Crippen LogP contribution in [-0.2, 0) is 13.1 Å². The number of hydrogen-bond acceptors (Lipinski definition) is 4. The first-order valence-corrected chi connectivity index (χ1v) is 7.82. The van der Waals surface area contributed by atoms with Crippen LogP contribution in [0.5, 0.6) is 0 Å². The summed E-state index contributed by atoms with van der Waals surface area (Å²) < 4.78 is 1.54. The number of hydrogen-bond donors (Lipinski definition) is 0. The molecule has 1 aliphatic rings. The molecule has 1 aliphatic heterocycles. The molecule has 1 fully saturated rings. The molecule has 116 valence electrons. The molecule has 0 N–H and O–H groups in total. The lowest BCUT2D eigenvalue weighted by atomic mass is 10.2. The minimum atomic E-state index is -0.0230. The Morgan fingerprint density at radius 2 is 1.59 bits per heavy atom. The summed E-state index contributed by atoms with van der Waals surface area (Å²) in [5.74, 6) is 0. The molecule has 0 aliphatic carbocycles. The Labute approximate surface area is 130 Å². The molecule has 1 saturated heterocycles. The van der Waals surface area contributed by atoms with E-state index in [1.165, 1.54) is 10.2 Å². The monoisotopic (exact) mass is 298 g/mol. The maximum Gasteiger partial charge on any atom is 0.266 e. The van der Waals surface area contributed by atoms with Gasteiger partial charge in [0.2, 0.25) is 0 Å². The fourth-order valence-corrected chi connectivity index (χ4v) is 2.80. The van der Waals surface area contributed by atoms with Crippen molar-refractivity contribution in [3.63, 3.8) is 0 Å². The fraction of sp³-hybridized carbons (Fsp3) is 0.412. The molecular weight excluding hydrogens is 276 g/mol. The van der Waals surface area contributed by atoms with E-state index in [1.54, 1.807) is 18.3 Å². The van der Waals surface area contributed by atoms with Crippen LogP contribution in [-0.4, -0.2) is 52.3 Å². The van der Waals surface area contributed by atoms with Crippen LogP contribution in [0.25, 0.3) is 0 Å². The predicted octanol–water partition coefficient (Wildman–Crippen LogP) is 1.06. The molecule has 0 atom stereocenters. The second-order valence-corrected chi connectivity index (χ2v) is 5.69. The number of rotatable bonds is 5. The summed E-state index contributed by atoms with van der Waals surface area (Å²) >= 11 is 0. The van der Waals surface area contributed by atoms with Gasteiger partial charge in [-0.05, 0) is 11.6 Å². The molecule has 5 heteroatoms. The Kier molecular flexibility index (Phi) is 4.98. The van der Waals surface area contributed by atoms with Gasteiger partial charge in [0.1, 0.15) is 0 Å². The van der Waals surface area contributed by atoms with E-state index in [0.29, 0.717) is 6.54 Å². The van der Waals surface area contributed by atoms with Gasteiger partial charge in [-0.2, -0.15) is 5.10 Å². The maximum absolute atomic E-state index is 11.6. The molecule has 0 amide bonds. The van der Waals surface area contributed by atoms with E-state index in [2.05, 4.69) is 45.2 Å². The van der Waals surface area contributed by atoms with Gasteiger partial charge in [-0.1, -0.05) is 30.3 Å². The van der Waals surface area contributed by atoms with Gasteiger partial charge in [-0.3, -0.25) is 14.6 Å². The molecule has 1 aromatic heterocycles. The summed E-state index contributed by atoms with van der Waals surface area (Å²) in [4.78, 5) is 16.5. The molecule has 5 nitrogen and oxygen atoms in total. The zero-order chi connectivity index (χ0) is 15.2. The summed E-state index contributed by atoms with van der Waals surface area (Å²) in [6.07, 6.45) is 1.67. The first kappa shape index (κ1) is 14.9. The van der Waals surface area contributed by atoms with Gasteiger partial charge in [-0.15, -0.1) is 0 Å². The van der Waals surface area contributed by atoms with Crippen molar-refractivity contribution in [3.05, 3.63) is 64.6 Å². The molecule has 1 aromatic carbocycles. The summed E-state index contributed by atoms with van der Waals surface area (Å²) in [5.41, 5.74) is 1.35. The molecule has 0 bridgehead atoms. The third kappa shape index (κ3) is 4.02. The fourth-order valence-electron chi connectivity index (χ4n) is 2.80. The molecule has 2 heterocycles. The SMILES string of the molecule is O=c1cccnn1CCN1CCN(Cc2ccccc2)CC1. The van der Waals surface area contributed by atoms with Crippen LogP contribution in [0.2, 0.25) is 0 Å². The normalized spacial score (nSPS) is 16.7. The number of aromatic nitrogens is 2. The third-order valence-electron chi connectivity index (χ3n) is 4.13. The summed E-state index contributed by atoms with van der Waals surface area (Å²) in [6, 6.07) is 13.8. The van der Waals surface area contributed by atoms with Crippen molar-refractivity contribution in [2.75, 3.05) is 32.7 Å². The quantitative estimate of drug-likeness (QED) is 0.828. The molecule has 2 aromatic rings. The van der Waals surface area contributed by atoms with E-state index in [4.69, 9.17) is 0 Å². The first-order chi connectivity index (χ1) is 10.8. The molecular formula is C17H22N4O. The highest BCUT2D eigenvalue weighted by atomic mass is 16.1. The lowest BCUT2D eigenvalue weighted by molar-refractivity contribution is 0.122. The number of nitrogens with zero attached hydrogens (tertiary/aromatic N) is 4. The van der Waals surface area contributed by atoms with Crippen molar-refractivity contribution < 1.29 is 0 Å². The Balaban J connectivity index is 1.44. The second-order valence-electron chi connectivity index (χ2n) is 5.69. The summed E-state index contributed by atoms with van der Waals surface area (Å²) in [5, 5.41) is 4.10. The van der Waals surface area contributed by atoms with Crippen LogP contribution < -0.4 is 5.56 Å². The maximum atomic E-state index is 11.6. The molecule has 0 unspecified atom stereocenters. The Hall–Kier alpha value is -1.98. The highest BCUT2D eigenvalue weighted by Gasteiger charge is 2.16. The van der Waals surface area contributed by atoms with Gasteiger partial charge in [-0.25, -0.2) is 4.68 Å². The highest BCUT2D eigenvalue weighted by molar-refractivity contribution is 5.14. The first-order valence-electron chi connectivity index (χ1n) is 7.82. The number of piperazine rings is 1. The van der Waals surface area contributed by atoms with Gasteiger partial charge in [0.05, 0.1) is 6.54 Å². The van der Waals surface area contributed by atoms with Crippen LogP contribution in [0.1, 0.15) is 5.56 Å². The van der Waals surface area contributed by atoms with Crippen molar-refractivity contribution in [3.8, 4) is 0 Å². The molecule has 22 heavy (non-hydrogen) atoms. The van der Waals surface area contributed by atoms with Crippen LogP contribution in [0.3, 0.4) is 0 Å². The van der Waals surface area contributed by atoms with Gasteiger partial charge in [0.25, 0.3) is 5.56 Å². The van der Waals surface area contributed by atoms with Crippen LogP contribution >= 0.6 is 0 Å². The highest BCUT2D eigenvalue weighted by Crippen LogP contribution is 2.08. The summed E-state index contributed by atoms with van der Waals surface area (Å²) in [7, 11) is 0. The van der Waals surface area contributed by atoms with Crippen molar-refractivity contribution in [1.82, 2.24) is 19.6 Å². The van der Waals surface area contributed by atoms with Crippen molar-refractivity contribution in [1.29, 1.82) is 0 Å². The van der Waals surface area contributed by atoms with Crippen molar-refractivity contribution in [2.24, 2.45) is 0 Å². The van der Waals surface area contributed by atoms with Gasteiger partial charge < -0.3 is 0 Å². The van der Waals surface area contributed by atoms with E-state index in [9.17, 15) is 4.79 Å². The van der Waals surface area contributed by atoms with Crippen molar-refractivity contribution in [2.45, 2.75) is 13.1 Å². The molecule has 0 radical (unpaired) electrons. The van der Waals surface area contributed by atoms with Crippen molar-refractivity contribution >= 4 is 0 Å². The Bertz CT molecular complexity index is 632. The standard InChI is InChI=1S/C17H22N4O/c22-17-7-4-8-18-21(17)14-13-19-9-11-20(12-10-19)15-16-5-2-1-3-6-16/h1-8H,9-15H2. The zero-order valence-electron chi connectivity index (χ0n) is 12.8. The molecule has 3 rings (SSSR count). The third-order valence-corrected chi connectivity index (χ3v) is 4.13. The molecule has 0 spiro atoms. The van der Waals surface area contributed by atoms with Gasteiger partial charge >= 0.3 is 0 Å². The smallest absolute Gasteiger partial charge is 0.266 e. The molecule has 0 saturated carbocycles. The Morgan fingerprint density at radius 1 is 0.864 bits per heavy atom. The van der Waals surface area contributed by atoms with E-state index in [0.717, 1.165) is 39.3 Å². The zero-order valence-corrected chi connectivity index (χ0v) is 12.8. The van der Waals surface area contributed by atoms with E-state index in [1.807, 2.05) is 0 Å². The van der Waals surface area contributed by atoms with Crippen LogP contribution in [0.15, 0.2) is 53.5 Å². The minimum Gasteiger partial charge on any atom is -0.299 e. The number of benzene rings is 1. The average molecular weight is 298 g/mol. The lowest BCUT2D eigenvalue weighted by Gasteiger charge is -2.34. The topological polar surface area (TPSA) is 41.4 Å². The summed E-state index contributed by atoms with van der Waals surface area (Å²) in [6.45, 7) is 6.82. The van der Waals surface area contributed by atoms with Crippen LogP contribution in [0.4, 0.5) is 0 Å². The average Bonchev–Trinajstić information content (AvgIpc) is 2.56. The predicted molar refractivity (Wildman–Crippen MR) is 86.7 cm³/mol.